The van der Waals surface area contributed by atoms with Crippen LogP contribution in [0.2, 0.25) is 0 Å². The number of aromatic nitrogens is 2. The lowest BCUT2D eigenvalue weighted by Crippen LogP contribution is -2.50. The van der Waals surface area contributed by atoms with Crippen LogP contribution in [0, 0.1) is 5.82 Å². The first-order valence-corrected chi connectivity index (χ1v) is 12.6. The first kappa shape index (κ1) is 28.1. The van der Waals surface area contributed by atoms with Gasteiger partial charge in [-0.1, -0.05) is 18.2 Å². The van der Waals surface area contributed by atoms with Gasteiger partial charge in [-0.2, -0.15) is 9.97 Å². The van der Waals surface area contributed by atoms with Crippen molar-refractivity contribution in [3.8, 4) is 6.01 Å². The fourth-order valence-electron chi connectivity index (χ4n) is 4.59. The van der Waals surface area contributed by atoms with E-state index >= 15 is 0 Å². The molecule has 2 aliphatic rings. The molecule has 0 radical (unpaired) electrons. The molecule has 38 heavy (non-hydrogen) atoms. The number of carbonyl (C=O) groups excluding carboxylic acids is 1. The van der Waals surface area contributed by atoms with Crippen LogP contribution in [0.25, 0.3) is 0 Å². The second-order valence-corrected chi connectivity index (χ2v) is 9.73. The molecule has 0 aliphatic carbocycles. The Morgan fingerprint density at radius 1 is 1.11 bits per heavy atom. The van der Waals surface area contributed by atoms with Gasteiger partial charge in [0.2, 0.25) is 5.91 Å². The number of ether oxygens (including phenoxy) is 4. The summed E-state index contributed by atoms with van der Waals surface area (Å²) >= 11 is 0. The highest BCUT2D eigenvalue weighted by molar-refractivity contribution is 5.84. The molecule has 2 aliphatic heterocycles. The van der Waals surface area contributed by atoms with Gasteiger partial charge >= 0.3 is 6.01 Å². The van der Waals surface area contributed by atoms with Gasteiger partial charge in [-0.25, -0.2) is 13.2 Å². The molecular weight excluding hydrogens is 505 g/mol. The van der Waals surface area contributed by atoms with Crippen LogP contribution in [0.5, 0.6) is 6.01 Å². The van der Waals surface area contributed by atoms with Crippen LogP contribution in [0.15, 0.2) is 18.2 Å². The van der Waals surface area contributed by atoms with E-state index in [0.717, 1.165) is 6.07 Å². The fourth-order valence-corrected chi connectivity index (χ4v) is 4.59. The minimum absolute atomic E-state index is 0.0272. The zero-order chi connectivity index (χ0) is 27.4. The number of halogens is 3. The number of anilines is 1. The quantitative estimate of drug-likeness (QED) is 0.479. The van der Waals surface area contributed by atoms with Crippen LogP contribution in [0.4, 0.5) is 19.0 Å². The molecule has 208 valence electrons. The van der Waals surface area contributed by atoms with Crippen LogP contribution >= 0.6 is 0 Å². The van der Waals surface area contributed by atoms with Crippen molar-refractivity contribution >= 4 is 11.7 Å². The number of nitrogens with zero attached hydrogens (tertiary/aromatic N) is 2. The Morgan fingerprint density at radius 2 is 1.76 bits per heavy atom. The number of rotatable bonds is 9. The third-order valence-electron chi connectivity index (χ3n) is 6.93. The van der Waals surface area contributed by atoms with E-state index in [4.69, 9.17) is 18.9 Å². The summed E-state index contributed by atoms with van der Waals surface area (Å²) < 4.78 is 63.8. The van der Waals surface area contributed by atoms with Crippen LogP contribution in [-0.2, 0) is 19.0 Å². The van der Waals surface area contributed by atoms with Crippen LogP contribution in [-0.4, -0.2) is 55.0 Å². The Hall–Kier alpha value is -2.96. The van der Waals surface area contributed by atoms with Crippen molar-refractivity contribution in [1.82, 2.24) is 15.3 Å². The molecule has 1 unspecified atom stereocenters. The average molecular weight is 539 g/mol. The van der Waals surface area contributed by atoms with Crippen LogP contribution in [0.3, 0.4) is 0 Å². The lowest BCUT2D eigenvalue weighted by Gasteiger charge is -2.35. The van der Waals surface area contributed by atoms with Gasteiger partial charge < -0.3 is 29.6 Å². The SMILES string of the molecule is COc1nc(N[C@H](C)c2cccc(C(F)F)c2F)c(C2OCCO2)c(C(C)C(=O)NC2(C)CCOCC2)n1. The largest absolute Gasteiger partial charge is 0.467 e. The van der Waals surface area contributed by atoms with Gasteiger partial charge in [-0.05, 0) is 33.6 Å². The third-order valence-corrected chi connectivity index (χ3v) is 6.93. The summed E-state index contributed by atoms with van der Waals surface area (Å²) in [6, 6.07) is 3.02. The van der Waals surface area contributed by atoms with Crippen molar-refractivity contribution in [3.63, 3.8) is 0 Å². The Morgan fingerprint density at radius 3 is 2.39 bits per heavy atom. The number of methoxy groups -OCH3 is 1. The van der Waals surface area contributed by atoms with Crippen molar-refractivity contribution < 1.29 is 36.9 Å². The molecule has 1 amide bonds. The number of carbonyl (C=O) groups is 1. The van der Waals surface area contributed by atoms with E-state index in [1.54, 1.807) is 13.8 Å². The molecule has 0 bridgehead atoms. The lowest BCUT2D eigenvalue weighted by molar-refractivity contribution is -0.125. The molecule has 1 aromatic heterocycles. The maximum Gasteiger partial charge on any atom is 0.318 e. The Bertz CT molecular complexity index is 1140. The summed E-state index contributed by atoms with van der Waals surface area (Å²) in [6.45, 7) is 7.03. The van der Waals surface area contributed by atoms with E-state index < -0.39 is 41.6 Å². The number of alkyl halides is 2. The molecule has 0 spiro atoms. The highest BCUT2D eigenvalue weighted by Gasteiger charge is 2.36. The number of nitrogens with one attached hydrogen (secondary N) is 2. The Kier molecular flexibility index (Phi) is 8.74. The molecule has 0 saturated carbocycles. The number of hydrogen-bond acceptors (Lipinski definition) is 8. The minimum atomic E-state index is -2.96. The molecule has 2 N–H and O–H groups in total. The first-order chi connectivity index (χ1) is 18.1. The standard InChI is InChI=1S/C26H33F3N4O5/c1-14(23(34)33-26(3)8-10-36-11-9-26)20-18(24-37-12-13-38-24)22(32-25(31-20)35-4)30-15(2)16-6-5-7-17(19(16)27)21(28)29/h5-7,14-15,21,24H,8-13H2,1-4H3,(H,33,34)(H,30,31,32)/t14?,15-/m1/s1. The van der Waals surface area contributed by atoms with E-state index in [9.17, 15) is 18.0 Å². The Balaban J connectivity index is 1.71. The van der Waals surface area contributed by atoms with Crippen molar-refractivity contribution in [3.05, 3.63) is 46.4 Å². The van der Waals surface area contributed by atoms with Crippen molar-refractivity contribution in [2.75, 3.05) is 38.9 Å². The van der Waals surface area contributed by atoms with Crippen molar-refractivity contribution in [2.24, 2.45) is 0 Å². The van der Waals surface area contributed by atoms with E-state index in [2.05, 4.69) is 20.6 Å². The first-order valence-electron chi connectivity index (χ1n) is 12.6. The van der Waals surface area contributed by atoms with Gasteiger partial charge in [0.25, 0.3) is 6.43 Å². The van der Waals surface area contributed by atoms with E-state index in [-0.39, 0.29) is 23.3 Å². The van der Waals surface area contributed by atoms with Crippen LogP contribution < -0.4 is 15.4 Å². The summed E-state index contributed by atoms with van der Waals surface area (Å²) in [5.74, 6) is -1.84. The van der Waals surface area contributed by atoms with E-state index in [1.807, 2.05) is 6.92 Å². The molecule has 4 rings (SSSR count). The number of hydrogen-bond donors (Lipinski definition) is 2. The Labute approximate surface area is 219 Å². The smallest absolute Gasteiger partial charge is 0.318 e. The molecule has 2 fully saturated rings. The van der Waals surface area contributed by atoms with Gasteiger partial charge in [-0.15, -0.1) is 0 Å². The summed E-state index contributed by atoms with van der Waals surface area (Å²) in [5.41, 5.74) is -0.413. The van der Waals surface area contributed by atoms with Gasteiger partial charge in [0, 0.05) is 24.3 Å². The molecule has 2 saturated heterocycles. The summed E-state index contributed by atoms with van der Waals surface area (Å²) in [5, 5.41) is 6.20. The molecule has 2 aromatic rings. The number of benzene rings is 1. The summed E-state index contributed by atoms with van der Waals surface area (Å²) in [7, 11) is 1.38. The highest BCUT2D eigenvalue weighted by atomic mass is 19.3. The maximum absolute atomic E-state index is 14.9. The third kappa shape index (κ3) is 6.02. The molecule has 2 atom stereocenters. The van der Waals surface area contributed by atoms with Crippen molar-refractivity contribution in [1.29, 1.82) is 0 Å². The number of amides is 1. The monoisotopic (exact) mass is 538 g/mol. The normalized spacial score (nSPS) is 19.3. The highest BCUT2D eigenvalue weighted by Crippen LogP contribution is 2.38. The second-order valence-electron chi connectivity index (χ2n) is 9.73. The van der Waals surface area contributed by atoms with E-state index in [1.165, 1.54) is 19.2 Å². The summed E-state index contributed by atoms with van der Waals surface area (Å²) in [4.78, 5) is 22.3. The predicted octanol–water partition coefficient (Wildman–Crippen LogP) is 4.57. The molecule has 3 heterocycles. The lowest BCUT2D eigenvalue weighted by atomic mass is 9.91. The molecule has 12 heteroatoms. The van der Waals surface area contributed by atoms with Crippen molar-refractivity contribution in [2.45, 2.75) is 63.8 Å². The predicted molar refractivity (Wildman–Crippen MR) is 132 cm³/mol. The van der Waals surface area contributed by atoms with Gasteiger partial charge in [0.15, 0.2) is 6.29 Å². The zero-order valence-electron chi connectivity index (χ0n) is 21.9. The molecule has 1 aromatic carbocycles. The average Bonchev–Trinajstić information content (AvgIpc) is 3.42. The zero-order valence-corrected chi connectivity index (χ0v) is 21.9. The van der Waals surface area contributed by atoms with Gasteiger partial charge in [0.1, 0.15) is 11.6 Å². The topological polar surface area (TPSA) is 104 Å². The second kappa shape index (κ2) is 11.8. The fraction of sp³-hybridized carbons (Fsp3) is 0.577. The van der Waals surface area contributed by atoms with E-state index in [0.29, 0.717) is 50.5 Å². The van der Waals surface area contributed by atoms with Gasteiger partial charge in [0.05, 0.1) is 49.1 Å². The maximum atomic E-state index is 14.9. The molecular formula is C26H33F3N4O5. The molecule has 9 nitrogen and oxygen atoms in total. The van der Waals surface area contributed by atoms with Crippen LogP contribution in [0.1, 0.15) is 80.7 Å². The summed E-state index contributed by atoms with van der Waals surface area (Å²) in [6.07, 6.45) is -2.50. The van der Waals surface area contributed by atoms with Gasteiger partial charge in [-0.3, -0.25) is 4.79 Å². The minimum Gasteiger partial charge on any atom is -0.467 e.